The minimum absolute atomic E-state index is 0.202. The standard InChI is InChI=1S/C25H27N3O4/c29-22-7-2-1-5-20(22)21-15-18(19-6-3-8-23-25(19)32-17-31-23)16-24(27-21)26-9-4-10-28-11-13-30-14-12-28/h1-3,5-8,15-16,29H,4,9-14,17H2,(H,26,27). The van der Waals surface area contributed by atoms with Crippen LogP contribution in [0.25, 0.3) is 22.4 Å². The lowest BCUT2D eigenvalue weighted by Gasteiger charge is -2.26. The molecule has 0 saturated carbocycles. The van der Waals surface area contributed by atoms with Crippen LogP contribution in [-0.4, -0.2) is 61.2 Å². The van der Waals surface area contributed by atoms with Gasteiger partial charge in [0.1, 0.15) is 11.6 Å². The molecule has 166 valence electrons. The van der Waals surface area contributed by atoms with Gasteiger partial charge in [-0.1, -0.05) is 24.3 Å². The fraction of sp³-hybridized carbons (Fsp3) is 0.320. The van der Waals surface area contributed by atoms with Crippen molar-refractivity contribution in [3.63, 3.8) is 0 Å². The van der Waals surface area contributed by atoms with E-state index in [1.807, 2.05) is 48.5 Å². The van der Waals surface area contributed by atoms with Crippen LogP contribution in [0.2, 0.25) is 0 Å². The molecule has 7 heteroatoms. The van der Waals surface area contributed by atoms with Gasteiger partial charge in [-0.05, 0) is 48.9 Å². The summed E-state index contributed by atoms with van der Waals surface area (Å²) in [5.41, 5.74) is 3.29. The van der Waals surface area contributed by atoms with Crippen LogP contribution in [0.4, 0.5) is 5.82 Å². The molecule has 2 aliphatic rings. The topological polar surface area (TPSA) is 76.1 Å². The number of para-hydroxylation sites is 2. The number of aromatic hydroxyl groups is 1. The quantitative estimate of drug-likeness (QED) is 0.546. The molecule has 32 heavy (non-hydrogen) atoms. The highest BCUT2D eigenvalue weighted by Crippen LogP contribution is 2.42. The molecular weight excluding hydrogens is 406 g/mol. The first-order chi connectivity index (χ1) is 15.8. The van der Waals surface area contributed by atoms with Crippen molar-refractivity contribution in [2.75, 3.05) is 51.5 Å². The van der Waals surface area contributed by atoms with Crippen LogP contribution in [-0.2, 0) is 4.74 Å². The van der Waals surface area contributed by atoms with Crippen molar-refractivity contribution in [2.45, 2.75) is 6.42 Å². The first kappa shape index (κ1) is 20.6. The number of benzene rings is 2. The maximum atomic E-state index is 10.4. The molecule has 3 aromatic rings. The minimum atomic E-state index is 0.202. The number of ether oxygens (including phenoxy) is 3. The highest BCUT2D eigenvalue weighted by Gasteiger charge is 2.20. The molecule has 0 spiro atoms. The summed E-state index contributed by atoms with van der Waals surface area (Å²) in [6, 6.07) is 17.1. The fourth-order valence-corrected chi connectivity index (χ4v) is 4.11. The van der Waals surface area contributed by atoms with Gasteiger partial charge in [-0.25, -0.2) is 4.98 Å². The maximum absolute atomic E-state index is 10.4. The summed E-state index contributed by atoms with van der Waals surface area (Å²) < 4.78 is 16.7. The number of pyridine rings is 1. The van der Waals surface area contributed by atoms with Crippen molar-refractivity contribution in [2.24, 2.45) is 0 Å². The third kappa shape index (κ3) is 4.49. The predicted molar refractivity (Wildman–Crippen MR) is 123 cm³/mol. The van der Waals surface area contributed by atoms with Crippen molar-refractivity contribution >= 4 is 5.82 Å². The summed E-state index contributed by atoms with van der Waals surface area (Å²) >= 11 is 0. The largest absolute Gasteiger partial charge is 0.507 e. The molecule has 0 radical (unpaired) electrons. The molecule has 0 atom stereocenters. The molecule has 1 aromatic heterocycles. The van der Waals surface area contributed by atoms with Crippen LogP contribution in [0, 0.1) is 0 Å². The third-order valence-electron chi connectivity index (χ3n) is 5.77. The zero-order chi connectivity index (χ0) is 21.8. The molecule has 2 aliphatic heterocycles. The Morgan fingerprint density at radius 1 is 0.969 bits per heavy atom. The van der Waals surface area contributed by atoms with E-state index in [0.29, 0.717) is 11.3 Å². The van der Waals surface area contributed by atoms with Gasteiger partial charge in [0.25, 0.3) is 0 Å². The molecule has 7 nitrogen and oxygen atoms in total. The van der Waals surface area contributed by atoms with Crippen molar-refractivity contribution < 1.29 is 19.3 Å². The van der Waals surface area contributed by atoms with E-state index in [4.69, 9.17) is 19.2 Å². The maximum Gasteiger partial charge on any atom is 0.231 e. The number of hydrogen-bond acceptors (Lipinski definition) is 7. The smallest absolute Gasteiger partial charge is 0.231 e. The van der Waals surface area contributed by atoms with Crippen molar-refractivity contribution in [1.29, 1.82) is 0 Å². The summed E-state index contributed by atoms with van der Waals surface area (Å²) in [7, 11) is 0. The Morgan fingerprint density at radius 2 is 1.81 bits per heavy atom. The molecule has 2 aromatic carbocycles. The zero-order valence-corrected chi connectivity index (χ0v) is 17.9. The van der Waals surface area contributed by atoms with E-state index in [0.717, 1.165) is 74.3 Å². The van der Waals surface area contributed by atoms with Gasteiger partial charge in [-0.2, -0.15) is 0 Å². The molecule has 0 unspecified atom stereocenters. The van der Waals surface area contributed by atoms with E-state index in [9.17, 15) is 5.11 Å². The summed E-state index contributed by atoms with van der Waals surface area (Å²) in [5.74, 6) is 2.44. The number of fused-ring (bicyclic) bond motifs is 1. The van der Waals surface area contributed by atoms with Crippen molar-refractivity contribution in [3.8, 4) is 39.6 Å². The average molecular weight is 434 g/mol. The Morgan fingerprint density at radius 3 is 2.69 bits per heavy atom. The minimum Gasteiger partial charge on any atom is -0.507 e. The normalized spacial score (nSPS) is 15.6. The molecule has 0 bridgehead atoms. The Labute approximate surface area is 187 Å². The Balaban J connectivity index is 1.41. The summed E-state index contributed by atoms with van der Waals surface area (Å²) in [6.07, 6.45) is 1.01. The lowest BCUT2D eigenvalue weighted by Crippen LogP contribution is -2.37. The monoisotopic (exact) mass is 433 g/mol. The SMILES string of the molecule is Oc1ccccc1-c1cc(-c2cccc3c2OCO3)cc(NCCCN2CCOCC2)n1. The Hall–Kier alpha value is -3.29. The number of morpholine rings is 1. The highest BCUT2D eigenvalue weighted by atomic mass is 16.7. The third-order valence-corrected chi connectivity index (χ3v) is 5.77. The van der Waals surface area contributed by atoms with E-state index in [-0.39, 0.29) is 12.5 Å². The van der Waals surface area contributed by atoms with Gasteiger partial charge in [0.2, 0.25) is 6.79 Å². The van der Waals surface area contributed by atoms with Crippen LogP contribution in [0.5, 0.6) is 17.2 Å². The van der Waals surface area contributed by atoms with Gasteiger partial charge in [0.15, 0.2) is 11.5 Å². The summed E-state index contributed by atoms with van der Waals surface area (Å²) in [5, 5.41) is 13.9. The number of phenolic OH excluding ortho intramolecular Hbond substituents is 1. The van der Waals surface area contributed by atoms with E-state index in [1.54, 1.807) is 6.07 Å². The van der Waals surface area contributed by atoms with Crippen LogP contribution in [0.3, 0.4) is 0 Å². The highest BCUT2D eigenvalue weighted by molar-refractivity contribution is 5.80. The van der Waals surface area contributed by atoms with E-state index < -0.39 is 0 Å². The average Bonchev–Trinajstić information content (AvgIpc) is 3.32. The van der Waals surface area contributed by atoms with Crippen LogP contribution < -0.4 is 14.8 Å². The number of nitrogens with one attached hydrogen (secondary N) is 1. The number of anilines is 1. The molecule has 1 saturated heterocycles. The second kappa shape index (κ2) is 9.46. The van der Waals surface area contributed by atoms with E-state index in [2.05, 4.69) is 10.2 Å². The van der Waals surface area contributed by atoms with E-state index in [1.165, 1.54) is 0 Å². The van der Waals surface area contributed by atoms with Crippen LogP contribution >= 0.6 is 0 Å². The number of nitrogens with zero attached hydrogens (tertiary/aromatic N) is 2. The molecule has 0 aliphatic carbocycles. The number of hydrogen-bond donors (Lipinski definition) is 2. The molecular formula is C25H27N3O4. The Kier molecular flexibility index (Phi) is 6.09. The lowest BCUT2D eigenvalue weighted by molar-refractivity contribution is 0.0378. The van der Waals surface area contributed by atoms with Gasteiger partial charge in [-0.15, -0.1) is 0 Å². The van der Waals surface area contributed by atoms with Gasteiger partial charge in [0.05, 0.1) is 18.9 Å². The second-order valence-corrected chi connectivity index (χ2v) is 7.92. The Bertz CT molecular complexity index is 1080. The predicted octanol–water partition coefficient (Wildman–Crippen LogP) is 3.98. The van der Waals surface area contributed by atoms with Crippen LogP contribution in [0.1, 0.15) is 6.42 Å². The van der Waals surface area contributed by atoms with Gasteiger partial charge in [-0.3, -0.25) is 4.90 Å². The fourth-order valence-electron chi connectivity index (χ4n) is 4.11. The number of aromatic nitrogens is 1. The van der Waals surface area contributed by atoms with Crippen LogP contribution in [0.15, 0.2) is 54.6 Å². The van der Waals surface area contributed by atoms with E-state index >= 15 is 0 Å². The first-order valence-electron chi connectivity index (χ1n) is 11.0. The summed E-state index contributed by atoms with van der Waals surface area (Å²) in [6.45, 7) is 5.66. The summed E-state index contributed by atoms with van der Waals surface area (Å²) in [4.78, 5) is 7.21. The molecule has 3 heterocycles. The second-order valence-electron chi connectivity index (χ2n) is 7.92. The molecule has 5 rings (SSSR count). The number of phenols is 1. The van der Waals surface area contributed by atoms with Gasteiger partial charge >= 0.3 is 0 Å². The van der Waals surface area contributed by atoms with Crippen molar-refractivity contribution in [3.05, 3.63) is 54.6 Å². The molecule has 0 amide bonds. The molecule has 1 fully saturated rings. The van der Waals surface area contributed by atoms with Crippen molar-refractivity contribution in [1.82, 2.24) is 9.88 Å². The lowest BCUT2D eigenvalue weighted by atomic mass is 10.0. The van der Waals surface area contributed by atoms with Gasteiger partial charge in [0, 0.05) is 30.8 Å². The number of rotatable bonds is 7. The molecule has 2 N–H and O–H groups in total. The van der Waals surface area contributed by atoms with Gasteiger partial charge < -0.3 is 24.6 Å². The first-order valence-corrected chi connectivity index (χ1v) is 11.0. The zero-order valence-electron chi connectivity index (χ0n) is 17.9.